The Bertz CT molecular complexity index is 731. The monoisotopic (exact) mass is 274 g/mol. The summed E-state index contributed by atoms with van der Waals surface area (Å²) >= 11 is 5.76. The fourth-order valence-corrected chi connectivity index (χ4v) is 2.04. The van der Waals surface area contributed by atoms with Crippen molar-refractivity contribution in [1.82, 2.24) is 19.7 Å². The molecule has 0 atom stereocenters. The summed E-state index contributed by atoms with van der Waals surface area (Å²) in [5.74, 6) is -0.196. The van der Waals surface area contributed by atoms with Gasteiger partial charge in [-0.15, -0.1) is 0 Å². The van der Waals surface area contributed by atoms with Gasteiger partial charge in [0.05, 0.1) is 23.5 Å². The van der Waals surface area contributed by atoms with Crippen molar-refractivity contribution in [3.8, 4) is 0 Å². The number of nitrogens with one attached hydrogen (secondary N) is 2. The molecular weight excluding hydrogens is 264 g/mol. The third kappa shape index (κ3) is 2.32. The van der Waals surface area contributed by atoms with E-state index in [1.165, 1.54) is 0 Å². The molecule has 0 unspecified atom stereocenters. The van der Waals surface area contributed by atoms with Gasteiger partial charge in [0.25, 0.3) is 5.91 Å². The summed E-state index contributed by atoms with van der Waals surface area (Å²) < 4.78 is 1.93. The molecule has 0 aliphatic rings. The van der Waals surface area contributed by atoms with Gasteiger partial charge in [-0.1, -0.05) is 17.7 Å². The average Bonchev–Trinajstić information content (AvgIpc) is 3.02. The van der Waals surface area contributed by atoms with Crippen molar-refractivity contribution < 1.29 is 4.79 Å². The van der Waals surface area contributed by atoms with Crippen LogP contribution in [0, 0.1) is 0 Å². The van der Waals surface area contributed by atoms with E-state index in [2.05, 4.69) is 15.3 Å². The minimum atomic E-state index is -0.196. The van der Waals surface area contributed by atoms with Gasteiger partial charge in [0.15, 0.2) is 0 Å². The minimum Gasteiger partial charge on any atom is -0.356 e. The van der Waals surface area contributed by atoms with Crippen molar-refractivity contribution >= 4 is 23.2 Å². The summed E-state index contributed by atoms with van der Waals surface area (Å²) in [6.07, 6.45) is 5.23. The lowest BCUT2D eigenvalue weighted by molar-refractivity contribution is 0.0946. The number of aromatic nitrogens is 3. The minimum absolute atomic E-state index is 0.196. The van der Waals surface area contributed by atoms with Crippen molar-refractivity contribution in [1.29, 1.82) is 0 Å². The first kappa shape index (κ1) is 11.8. The molecule has 3 aromatic heterocycles. The van der Waals surface area contributed by atoms with Gasteiger partial charge in [0, 0.05) is 12.4 Å². The Balaban J connectivity index is 1.74. The summed E-state index contributed by atoms with van der Waals surface area (Å²) in [7, 11) is 0. The van der Waals surface area contributed by atoms with E-state index in [0.717, 1.165) is 11.3 Å². The molecule has 0 spiro atoms. The third-order valence-corrected chi connectivity index (χ3v) is 3.03. The molecule has 96 valence electrons. The number of fused-ring (bicyclic) bond motifs is 1. The van der Waals surface area contributed by atoms with Crippen LogP contribution in [0.3, 0.4) is 0 Å². The second-order valence-corrected chi connectivity index (χ2v) is 4.53. The molecule has 3 aromatic rings. The number of halogens is 1. The molecule has 3 heterocycles. The number of hydrogen-bond acceptors (Lipinski definition) is 2. The molecule has 2 N–H and O–H groups in total. The molecule has 5 nitrogen and oxygen atoms in total. The summed E-state index contributed by atoms with van der Waals surface area (Å²) in [5.41, 5.74) is 2.22. The predicted octanol–water partition coefficient (Wildman–Crippen LogP) is 2.25. The number of hydrogen-bond donors (Lipinski definition) is 2. The average molecular weight is 275 g/mol. The van der Waals surface area contributed by atoms with Crippen molar-refractivity contribution in [2.75, 3.05) is 0 Å². The van der Waals surface area contributed by atoms with Gasteiger partial charge in [-0.25, -0.2) is 4.98 Å². The van der Waals surface area contributed by atoms with E-state index in [1.54, 1.807) is 18.5 Å². The molecule has 3 rings (SSSR count). The highest BCUT2D eigenvalue weighted by molar-refractivity contribution is 6.30. The molecule has 0 aliphatic heterocycles. The highest BCUT2D eigenvalue weighted by Crippen LogP contribution is 2.10. The predicted molar refractivity (Wildman–Crippen MR) is 72.2 cm³/mol. The smallest absolute Gasteiger partial charge is 0.268 e. The molecule has 0 aromatic carbocycles. The fraction of sp³-hybridized carbons (Fsp3) is 0.0769. The highest BCUT2D eigenvalue weighted by Gasteiger charge is 2.09. The maximum Gasteiger partial charge on any atom is 0.268 e. The Morgan fingerprint density at radius 3 is 3.16 bits per heavy atom. The number of carbonyl (C=O) groups excluding carboxylic acids is 1. The summed E-state index contributed by atoms with van der Waals surface area (Å²) in [6.45, 7) is 0.403. The van der Waals surface area contributed by atoms with E-state index in [9.17, 15) is 4.79 Å². The summed E-state index contributed by atoms with van der Waals surface area (Å²) in [4.78, 5) is 18.9. The Hall–Kier alpha value is -2.27. The Morgan fingerprint density at radius 2 is 2.37 bits per heavy atom. The Labute approximate surface area is 114 Å². The summed E-state index contributed by atoms with van der Waals surface area (Å²) in [5, 5.41) is 3.33. The summed E-state index contributed by atoms with van der Waals surface area (Å²) in [6, 6.07) is 7.35. The zero-order chi connectivity index (χ0) is 13.2. The van der Waals surface area contributed by atoms with Crippen LogP contribution >= 0.6 is 11.6 Å². The van der Waals surface area contributed by atoms with Crippen molar-refractivity contribution in [2.24, 2.45) is 0 Å². The normalized spacial score (nSPS) is 10.8. The van der Waals surface area contributed by atoms with Crippen molar-refractivity contribution in [3.05, 3.63) is 59.3 Å². The van der Waals surface area contributed by atoms with Gasteiger partial charge in [-0.2, -0.15) is 0 Å². The SMILES string of the molecule is O=C(NCc1cnc2ccccn12)c1cc(Cl)c[nH]1. The van der Waals surface area contributed by atoms with Gasteiger partial charge < -0.3 is 14.7 Å². The van der Waals surface area contributed by atoms with Crippen LogP contribution in [-0.2, 0) is 6.54 Å². The number of nitrogens with zero attached hydrogens (tertiary/aromatic N) is 2. The van der Waals surface area contributed by atoms with Crippen LogP contribution in [-0.4, -0.2) is 20.3 Å². The zero-order valence-electron chi connectivity index (χ0n) is 9.93. The van der Waals surface area contributed by atoms with E-state index >= 15 is 0 Å². The van der Waals surface area contributed by atoms with E-state index in [4.69, 9.17) is 11.6 Å². The second kappa shape index (κ2) is 4.78. The van der Waals surface area contributed by atoms with Crippen LogP contribution in [0.25, 0.3) is 5.65 Å². The number of carbonyl (C=O) groups is 1. The number of rotatable bonds is 3. The van der Waals surface area contributed by atoms with Gasteiger partial charge in [0.2, 0.25) is 0 Å². The van der Waals surface area contributed by atoms with E-state index in [0.29, 0.717) is 17.3 Å². The molecule has 0 fully saturated rings. The van der Waals surface area contributed by atoms with Crippen LogP contribution in [0.4, 0.5) is 0 Å². The number of imidazole rings is 1. The number of H-pyrrole nitrogens is 1. The quantitative estimate of drug-likeness (QED) is 0.769. The standard InChI is InChI=1S/C13H11ClN4O/c14-9-5-11(15-6-9)13(19)17-8-10-7-16-12-3-1-2-4-18(10)12/h1-7,15H,8H2,(H,17,19). The molecule has 0 bridgehead atoms. The number of pyridine rings is 1. The van der Waals surface area contributed by atoms with Gasteiger partial charge in [-0.3, -0.25) is 4.79 Å². The first-order valence-electron chi connectivity index (χ1n) is 5.77. The largest absolute Gasteiger partial charge is 0.356 e. The Kier molecular flexibility index (Phi) is 2.97. The van der Waals surface area contributed by atoms with Crippen molar-refractivity contribution in [3.63, 3.8) is 0 Å². The number of amides is 1. The van der Waals surface area contributed by atoms with E-state index < -0.39 is 0 Å². The first-order chi connectivity index (χ1) is 9.24. The van der Waals surface area contributed by atoms with Gasteiger partial charge in [0.1, 0.15) is 11.3 Å². The van der Waals surface area contributed by atoms with Gasteiger partial charge in [-0.05, 0) is 18.2 Å². The van der Waals surface area contributed by atoms with E-state index in [1.807, 2.05) is 28.8 Å². The van der Waals surface area contributed by atoms with Crippen LogP contribution < -0.4 is 5.32 Å². The molecule has 0 saturated heterocycles. The Morgan fingerprint density at radius 1 is 1.47 bits per heavy atom. The van der Waals surface area contributed by atoms with Crippen molar-refractivity contribution in [2.45, 2.75) is 6.54 Å². The lowest BCUT2D eigenvalue weighted by Crippen LogP contribution is -2.23. The molecule has 1 amide bonds. The van der Waals surface area contributed by atoms with E-state index in [-0.39, 0.29) is 5.91 Å². The molecule has 0 radical (unpaired) electrons. The van der Waals surface area contributed by atoms with Crippen LogP contribution in [0.1, 0.15) is 16.2 Å². The molecule has 0 aliphatic carbocycles. The van der Waals surface area contributed by atoms with Crippen LogP contribution in [0.5, 0.6) is 0 Å². The molecular formula is C13H11ClN4O. The fourth-order valence-electron chi connectivity index (χ4n) is 1.88. The first-order valence-corrected chi connectivity index (χ1v) is 6.15. The zero-order valence-corrected chi connectivity index (χ0v) is 10.7. The molecule has 6 heteroatoms. The lowest BCUT2D eigenvalue weighted by atomic mass is 10.4. The molecule has 0 saturated carbocycles. The highest BCUT2D eigenvalue weighted by atomic mass is 35.5. The maximum absolute atomic E-state index is 11.9. The van der Waals surface area contributed by atoms with Crippen LogP contribution in [0.2, 0.25) is 5.02 Å². The third-order valence-electron chi connectivity index (χ3n) is 2.82. The second-order valence-electron chi connectivity index (χ2n) is 4.09. The maximum atomic E-state index is 11.9. The topological polar surface area (TPSA) is 62.2 Å². The van der Waals surface area contributed by atoms with Gasteiger partial charge >= 0.3 is 0 Å². The number of aromatic amines is 1. The van der Waals surface area contributed by atoms with Crippen LogP contribution in [0.15, 0.2) is 42.9 Å². The molecule has 19 heavy (non-hydrogen) atoms. The lowest BCUT2D eigenvalue weighted by Gasteiger charge is -2.03.